The summed E-state index contributed by atoms with van der Waals surface area (Å²) in [4.78, 5) is 90.3. The normalized spacial score (nSPS) is 29.6. The van der Waals surface area contributed by atoms with Gasteiger partial charge < -0.3 is 138 Å². The molecule has 0 aliphatic carbocycles. The first kappa shape index (κ1) is 118. The highest BCUT2D eigenvalue weighted by Crippen LogP contribution is 2.57. The van der Waals surface area contributed by atoms with Crippen molar-refractivity contribution in [1.82, 2.24) is 16.0 Å². The maximum absolute atomic E-state index is 13.3. The topological polar surface area (TPSA) is 590 Å². The molecule has 0 aromatic rings. The van der Waals surface area contributed by atoms with E-state index in [4.69, 9.17) is 51.0 Å². The summed E-state index contributed by atoms with van der Waals surface area (Å²) in [5.41, 5.74) is 14.7. The maximum Gasteiger partial charge on any atom is 0.276 e. The monoisotopic (exact) mass is 1930 g/mol. The van der Waals surface area contributed by atoms with E-state index in [1.807, 2.05) is 6.92 Å². The number of aliphatic hydroxyl groups excluding tert-OH is 11. The molecule has 4 rings (SSSR count). The van der Waals surface area contributed by atoms with Crippen molar-refractivity contribution in [1.29, 1.82) is 0 Å². The lowest BCUT2D eigenvalue weighted by Gasteiger charge is -2.49. The number of rotatable bonds is 58. The van der Waals surface area contributed by atoms with Gasteiger partial charge in [0.25, 0.3) is 31.3 Å². The molecular weight excluding hydrogens is 1780 g/mol. The summed E-state index contributed by atoms with van der Waals surface area (Å²) in [5, 5.41) is 123. The van der Waals surface area contributed by atoms with E-state index in [0.717, 1.165) is 142 Å². The van der Waals surface area contributed by atoms with Gasteiger partial charge in [-0.3, -0.25) is 41.7 Å². The molecule has 0 aromatic heterocycles. The lowest BCUT2D eigenvalue weighted by atomic mass is 9.94. The number of ether oxygens (including phenoxy) is 6. The van der Waals surface area contributed by atoms with Crippen molar-refractivity contribution in [3.8, 4) is 0 Å². The number of carbonyl (C=O) groups excluding carboxylic acids is 3. The zero-order chi connectivity index (χ0) is 97.4. The molecule has 0 bridgehead atoms. The molecular formula is C88H145N3O35P4-4. The smallest absolute Gasteiger partial charge is 0.276 e. The largest absolute Gasteiger partial charge is 0.756 e. The third-order valence-corrected chi connectivity index (χ3v) is 26.3. The Hall–Kier alpha value is -4.65. The SMILES string of the molecule is CC(=O)N[C@@H]1[C@H](OC2[C@@H](CO)O[C@H](OP(=O)([O-])OP(=O)([O-])OC/C=C(/C)CC/C=C(/C)CC/C=C(/C)CC/C=C(/C)CC/C=C(/C)CC/C=C(/C)CC/C=C(/C)CC/C=C(/C)CC/C=C(\C)CC/C=C(\C)CCC=C(C)C)[C@H](NC(C)=O)[C@H]2O)O[C@H](CO)[C@@H](OP(=O)([O-])OC[C@H](O)COP(=O)([O-])O[C@@H]2O[C@H](CO)[C@H](O)[C@H](O[C@@H]3O[C@H](CO)[C@@H](O)[C@H](O)[C@H]3O)[C@H]2NC(C)=O)[C@@H]1O. The number of allylic oxidation sites excluding steroid dienone is 21. The molecule has 38 nitrogen and oxygen atoms in total. The molecule has 746 valence electrons. The summed E-state index contributed by atoms with van der Waals surface area (Å²) in [5.74, 6) is -2.94. The average Bonchev–Trinajstić information content (AvgIpc) is 0.796. The van der Waals surface area contributed by atoms with E-state index in [1.54, 1.807) is 6.92 Å². The van der Waals surface area contributed by atoms with E-state index in [-0.39, 0.29) is 0 Å². The molecule has 25 atom stereocenters. The minimum Gasteiger partial charge on any atom is -0.756 e. The van der Waals surface area contributed by atoms with E-state index in [0.29, 0.717) is 18.4 Å². The fourth-order valence-electron chi connectivity index (χ4n) is 14.4. The molecule has 3 amide bonds. The number of hydrogen-bond acceptors (Lipinski definition) is 35. The highest BCUT2D eigenvalue weighted by atomic mass is 31.3. The molecule has 4 saturated heterocycles. The lowest BCUT2D eigenvalue weighted by molar-refractivity contribution is -0.343. The van der Waals surface area contributed by atoms with Crippen LogP contribution < -0.4 is 35.5 Å². The van der Waals surface area contributed by atoms with Gasteiger partial charge in [0.1, 0.15) is 104 Å². The Labute approximate surface area is 765 Å². The van der Waals surface area contributed by atoms with E-state index in [2.05, 4.69) is 155 Å². The molecule has 5 unspecified atom stereocenters. The molecule has 4 aliphatic heterocycles. The second-order valence-corrected chi connectivity index (χ2v) is 39.7. The van der Waals surface area contributed by atoms with Crippen molar-refractivity contribution in [2.45, 2.75) is 361 Å². The zero-order valence-corrected chi connectivity index (χ0v) is 81.2. The van der Waals surface area contributed by atoms with Crippen LogP contribution in [0.4, 0.5) is 0 Å². The van der Waals surface area contributed by atoms with Crippen LogP contribution in [0.1, 0.15) is 232 Å². The summed E-state index contributed by atoms with van der Waals surface area (Å²) in [6, 6.07) is -6.01. The summed E-state index contributed by atoms with van der Waals surface area (Å²) in [7, 11) is -23.7. The Morgan fingerprint density at radius 2 is 0.615 bits per heavy atom. The van der Waals surface area contributed by atoms with Gasteiger partial charge >= 0.3 is 0 Å². The summed E-state index contributed by atoms with van der Waals surface area (Å²) >= 11 is 0. The van der Waals surface area contributed by atoms with Crippen LogP contribution in [0, 0.1) is 0 Å². The van der Waals surface area contributed by atoms with Gasteiger partial charge in [0, 0.05) is 20.8 Å². The van der Waals surface area contributed by atoms with E-state index in [9.17, 15) is 108 Å². The first-order chi connectivity index (χ1) is 61.0. The number of phosphoric ester groups is 4. The number of aliphatic hydroxyl groups is 11. The minimum absolute atomic E-state index is 0.488. The quantitative estimate of drug-likeness (QED) is 0.0210. The number of hydrogen-bond donors (Lipinski definition) is 14. The second-order valence-electron chi connectivity index (χ2n) is 34.1. The van der Waals surface area contributed by atoms with Crippen LogP contribution in [0.2, 0.25) is 0 Å². The Bertz CT molecular complexity index is 4060. The highest BCUT2D eigenvalue weighted by molar-refractivity contribution is 7.59. The first-order valence-corrected chi connectivity index (χ1v) is 50.0. The van der Waals surface area contributed by atoms with Crippen LogP contribution >= 0.6 is 31.3 Å². The summed E-state index contributed by atoms with van der Waals surface area (Å²) in [6.07, 6.45) is 7.29. The standard InChI is InChI=1S/C88H149N3O35P4/c1-54(2)26-16-27-55(3)28-17-29-56(4)30-18-31-57(5)32-19-33-58(6)34-20-35-59(7)36-21-37-60(8)38-22-39-61(9)40-23-41-62(10)42-24-43-63(11)44-25-45-64(12)46-47-114-129(110,111)126-130(112,113)125-86-74(90-66(14)97)78(102)82(71(50-94)120-86)121-85-73(89-65(13)96)79(103)83(72(51-95)119-85)123-127(106,107)115-52-68(99)53-116-128(108,109)124-87-75(91-67(15)98)84(77(101)70(49-93)117-87)122-88-81(105)80(104)76(100)69(48-92)118-88/h26,28,30,32,34,36,38,40,42,44,46,68-88,92-95,99-105H,16-25,27,29,31,33,35,37,39,41,43,45,47-53H2,1-15H3,(H,89,96)(H,90,97)(H,91,98)(H,106,107)(H,108,109)(H,110,111)(H,112,113)/p-4/b55-28+,56-30+,57-32-,58-34-,59-36-,60-38-,61-40-,62-42-,63-44-,64-46-/t68-,69+,70+,71+,72+,73-,74+,75+,76+,77-,78+,79+,80-,81+,82?,83+,84+,85-,86+,87-,88-/m0/s1. The Morgan fingerprint density at radius 1 is 0.323 bits per heavy atom. The molecule has 0 radical (unpaired) electrons. The molecule has 0 aromatic carbocycles. The van der Waals surface area contributed by atoms with Crippen molar-refractivity contribution in [2.75, 3.05) is 46.2 Å². The molecule has 4 fully saturated rings. The zero-order valence-electron chi connectivity index (χ0n) is 77.6. The number of carbonyl (C=O) groups is 3. The summed E-state index contributed by atoms with van der Waals surface area (Å²) in [6.45, 7) is 20.6. The molecule has 14 N–H and O–H groups in total. The van der Waals surface area contributed by atoms with Gasteiger partial charge in [-0.05, 0) is 212 Å². The van der Waals surface area contributed by atoms with Gasteiger partial charge in [-0.25, -0.2) is 4.31 Å². The van der Waals surface area contributed by atoms with E-state index in [1.165, 1.54) is 56.2 Å². The van der Waals surface area contributed by atoms with Crippen molar-refractivity contribution < 1.29 is 168 Å². The van der Waals surface area contributed by atoms with Gasteiger partial charge in [-0.1, -0.05) is 128 Å². The van der Waals surface area contributed by atoms with Gasteiger partial charge in [-0.2, -0.15) is 0 Å². The van der Waals surface area contributed by atoms with Crippen LogP contribution in [0.5, 0.6) is 0 Å². The second kappa shape index (κ2) is 59.5. The minimum atomic E-state index is -6.16. The van der Waals surface area contributed by atoms with Crippen molar-refractivity contribution in [3.05, 3.63) is 128 Å². The first-order valence-electron chi connectivity index (χ1n) is 44.1. The highest BCUT2D eigenvalue weighted by Gasteiger charge is 2.56. The Morgan fingerprint density at radius 3 is 0.992 bits per heavy atom. The third-order valence-electron chi connectivity index (χ3n) is 21.9. The molecule has 4 heterocycles. The Balaban J connectivity index is 1.20. The van der Waals surface area contributed by atoms with E-state index >= 15 is 0 Å². The number of amides is 3. The molecule has 0 saturated carbocycles. The molecule has 42 heteroatoms. The maximum atomic E-state index is 13.3. The third kappa shape index (κ3) is 44.7. The fourth-order valence-corrected chi connectivity index (χ4v) is 18.3. The van der Waals surface area contributed by atoms with Gasteiger partial charge in [0.2, 0.25) is 17.7 Å². The predicted molar refractivity (Wildman–Crippen MR) is 473 cm³/mol. The van der Waals surface area contributed by atoms with Crippen molar-refractivity contribution in [2.24, 2.45) is 0 Å². The van der Waals surface area contributed by atoms with Gasteiger partial charge in [-0.15, -0.1) is 0 Å². The van der Waals surface area contributed by atoms with Gasteiger partial charge in [0.05, 0.1) is 46.2 Å². The van der Waals surface area contributed by atoms with Gasteiger partial charge in [0.15, 0.2) is 25.2 Å². The average molecular weight is 1930 g/mol. The van der Waals surface area contributed by atoms with Crippen molar-refractivity contribution in [3.63, 3.8) is 0 Å². The van der Waals surface area contributed by atoms with Crippen LogP contribution in [-0.2, 0) is 92.5 Å². The van der Waals surface area contributed by atoms with Crippen LogP contribution in [0.3, 0.4) is 0 Å². The molecule has 130 heavy (non-hydrogen) atoms. The number of phosphoric acid groups is 4. The Kier molecular flexibility index (Phi) is 53.8. The van der Waals surface area contributed by atoms with Crippen LogP contribution in [0.15, 0.2) is 128 Å². The number of nitrogens with one attached hydrogen (secondary N) is 3. The fraction of sp³-hybridized carbons (Fsp3) is 0.716. The van der Waals surface area contributed by atoms with Crippen LogP contribution in [-0.4, -0.2) is 249 Å². The molecule has 4 aliphatic rings. The molecule has 0 spiro atoms. The summed E-state index contributed by atoms with van der Waals surface area (Å²) < 4.78 is 120. The van der Waals surface area contributed by atoms with Crippen LogP contribution in [0.25, 0.3) is 0 Å². The van der Waals surface area contributed by atoms with Crippen molar-refractivity contribution >= 4 is 49.0 Å². The van der Waals surface area contributed by atoms with E-state index < -0.39 is 224 Å². The lowest BCUT2D eigenvalue weighted by Crippen LogP contribution is -2.69. The predicted octanol–water partition coefficient (Wildman–Crippen LogP) is 7.26.